The maximum absolute atomic E-state index is 12.8. The van der Waals surface area contributed by atoms with Crippen LogP contribution in [0.15, 0.2) is 48.7 Å². The van der Waals surface area contributed by atoms with E-state index in [-0.39, 0.29) is 18.3 Å². The first-order valence-electron chi connectivity index (χ1n) is 10.1. The third-order valence-corrected chi connectivity index (χ3v) is 6.40. The largest absolute Gasteiger partial charge is 0.468 e. The van der Waals surface area contributed by atoms with E-state index in [2.05, 4.69) is 15.5 Å². The van der Waals surface area contributed by atoms with Gasteiger partial charge in [0.2, 0.25) is 0 Å². The zero-order valence-electron chi connectivity index (χ0n) is 18.2. The molecule has 0 aliphatic rings. The van der Waals surface area contributed by atoms with Gasteiger partial charge in [-0.25, -0.2) is 4.68 Å². The number of benzene rings is 2. The van der Waals surface area contributed by atoms with E-state index in [0.29, 0.717) is 43.8 Å². The average molecular weight is 539 g/mol. The van der Waals surface area contributed by atoms with Crippen molar-refractivity contribution in [2.45, 2.75) is 27.1 Å². The lowest BCUT2D eigenvalue weighted by atomic mass is 10.2. The Balaban J connectivity index is 1.44. The number of carbonyl (C=O) groups is 1. The van der Waals surface area contributed by atoms with Gasteiger partial charge >= 0.3 is 0 Å². The summed E-state index contributed by atoms with van der Waals surface area (Å²) in [5.41, 5.74) is 3.27. The number of carbonyl (C=O) groups excluding carboxylic acids is 1. The molecule has 0 radical (unpaired) electrons. The van der Waals surface area contributed by atoms with Crippen molar-refractivity contribution in [1.29, 1.82) is 0 Å². The molecule has 0 bridgehead atoms. The van der Waals surface area contributed by atoms with Crippen LogP contribution < -0.4 is 10.1 Å². The first-order chi connectivity index (χ1) is 16.2. The van der Waals surface area contributed by atoms with Crippen molar-refractivity contribution in [1.82, 2.24) is 19.6 Å². The van der Waals surface area contributed by atoms with Gasteiger partial charge in [0.15, 0.2) is 18.2 Å². The standard InChI is InChI=1S/C23H19Cl4N5O2/c1-13-21(14(2)32(29-13)11-15-6-7-16(24)19(27)10-15)28-23(33)20-8-9-31(30-20)12-34-22-17(25)4-3-5-18(22)26/h3-10H,11-12H2,1-2H3,(H,28,33). The number of ether oxygens (including phenoxy) is 1. The Morgan fingerprint density at radius 3 is 2.41 bits per heavy atom. The van der Waals surface area contributed by atoms with E-state index in [9.17, 15) is 4.79 Å². The fourth-order valence-electron chi connectivity index (χ4n) is 3.33. The number of aromatic nitrogens is 4. The molecule has 0 aliphatic carbocycles. The van der Waals surface area contributed by atoms with Gasteiger partial charge in [-0.05, 0) is 49.7 Å². The molecule has 0 saturated heterocycles. The third kappa shape index (κ3) is 5.33. The number of amides is 1. The van der Waals surface area contributed by atoms with Crippen LogP contribution in [0.4, 0.5) is 5.69 Å². The summed E-state index contributed by atoms with van der Waals surface area (Å²) < 4.78 is 8.92. The summed E-state index contributed by atoms with van der Waals surface area (Å²) in [6.45, 7) is 4.23. The summed E-state index contributed by atoms with van der Waals surface area (Å²) in [4.78, 5) is 12.8. The van der Waals surface area contributed by atoms with Crippen LogP contribution in [0, 0.1) is 13.8 Å². The van der Waals surface area contributed by atoms with Gasteiger partial charge in [0.05, 0.1) is 43.7 Å². The fraction of sp³-hybridized carbons (Fsp3) is 0.174. The minimum Gasteiger partial charge on any atom is -0.468 e. The first kappa shape index (κ1) is 24.4. The third-order valence-electron chi connectivity index (χ3n) is 5.07. The Labute approximate surface area is 216 Å². The summed E-state index contributed by atoms with van der Waals surface area (Å²) in [7, 11) is 0. The quantitative estimate of drug-likeness (QED) is 0.286. The van der Waals surface area contributed by atoms with Crippen molar-refractivity contribution in [3.63, 3.8) is 0 Å². The van der Waals surface area contributed by atoms with E-state index in [1.54, 1.807) is 47.3 Å². The summed E-state index contributed by atoms with van der Waals surface area (Å²) in [5, 5.41) is 13.5. The number of hydrogen-bond donors (Lipinski definition) is 1. The van der Waals surface area contributed by atoms with Gasteiger partial charge < -0.3 is 10.1 Å². The Morgan fingerprint density at radius 2 is 1.71 bits per heavy atom. The van der Waals surface area contributed by atoms with Crippen LogP contribution >= 0.6 is 46.4 Å². The molecule has 34 heavy (non-hydrogen) atoms. The Bertz CT molecular complexity index is 1350. The van der Waals surface area contributed by atoms with Gasteiger partial charge in [0.25, 0.3) is 5.91 Å². The van der Waals surface area contributed by atoms with Gasteiger partial charge in [-0.3, -0.25) is 9.48 Å². The molecule has 4 rings (SSSR count). The second kappa shape index (κ2) is 10.3. The number of nitrogens with one attached hydrogen (secondary N) is 1. The van der Waals surface area contributed by atoms with E-state index in [1.165, 1.54) is 4.68 Å². The number of para-hydroxylation sites is 1. The number of aryl methyl sites for hydroxylation is 1. The molecule has 4 aromatic rings. The summed E-state index contributed by atoms with van der Waals surface area (Å²) in [6.07, 6.45) is 1.63. The SMILES string of the molecule is Cc1nn(Cc2ccc(Cl)c(Cl)c2)c(C)c1NC(=O)c1ccn(COc2c(Cl)cccc2Cl)n1. The maximum Gasteiger partial charge on any atom is 0.276 e. The predicted octanol–water partition coefficient (Wildman–Crippen LogP) is 6.65. The number of nitrogens with zero attached hydrogens (tertiary/aromatic N) is 4. The van der Waals surface area contributed by atoms with E-state index in [4.69, 9.17) is 51.1 Å². The van der Waals surface area contributed by atoms with Gasteiger partial charge in [-0.2, -0.15) is 10.2 Å². The Morgan fingerprint density at radius 1 is 0.971 bits per heavy atom. The first-order valence-corrected chi connectivity index (χ1v) is 11.6. The molecule has 2 aromatic heterocycles. The van der Waals surface area contributed by atoms with Gasteiger partial charge in [-0.15, -0.1) is 0 Å². The molecule has 2 aromatic carbocycles. The van der Waals surface area contributed by atoms with Crippen molar-refractivity contribution >= 4 is 58.0 Å². The molecule has 0 saturated carbocycles. The zero-order chi connectivity index (χ0) is 24.4. The molecular weight excluding hydrogens is 520 g/mol. The summed E-state index contributed by atoms with van der Waals surface area (Å²) in [5.74, 6) is -0.0113. The molecule has 0 aliphatic heterocycles. The second-order valence-corrected chi connectivity index (χ2v) is 9.10. The molecular formula is C23H19Cl4N5O2. The van der Waals surface area contributed by atoms with Crippen molar-refractivity contribution in [3.8, 4) is 5.75 Å². The molecule has 1 N–H and O–H groups in total. The average Bonchev–Trinajstić information content (AvgIpc) is 3.36. The molecule has 11 heteroatoms. The van der Waals surface area contributed by atoms with Crippen LogP contribution in [0.3, 0.4) is 0 Å². The molecule has 0 spiro atoms. The molecule has 1 amide bonds. The lowest BCUT2D eigenvalue weighted by molar-refractivity contribution is 0.102. The Hall–Kier alpha value is -2.71. The van der Waals surface area contributed by atoms with Gasteiger partial charge in [-0.1, -0.05) is 58.5 Å². The fourth-order valence-corrected chi connectivity index (χ4v) is 4.15. The molecule has 0 atom stereocenters. The number of anilines is 1. The summed E-state index contributed by atoms with van der Waals surface area (Å²) in [6, 6.07) is 12.1. The van der Waals surface area contributed by atoms with E-state index >= 15 is 0 Å². The van der Waals surface area contributed by atoms with Crippen LogP contribution in [-0.4, -0.2) is 25.5 Å². The predicted molar refractivity (Wildman–Crippen MR) is 135 cm³/mol. The van der Waals surface area contributed by atoms with Gasteiger partial charge in [0, 0.05) is 6.20 Å². The highest BCUT2D eigenvalue weighted by atomic mass is 35.5. The lowest BCUT2D eigenvalue weighted by Gasteiger charge is -2.09. The molecule has 0 unspecified atom stereocenters. The van der Waals surface area contributed by atoms with Crippen LogP contribution in [0.2, 0.25) is 20.1 Å². The minimum atomic E-state index is -0.366. The van der Waals surface area contributed by atoms with E-state index in [1.807, 2.05) is 19.9 Å². The highest BCUT2D eigenvalue weighted by molar-refractivity contribution is 6.42. The van der Waals surface area contributed by atoms with Crippen molar-refractivity contribution < 1.29 is 9.53 Å². The van der Waals surface area contributed by atoms with Crippen LogP contribution in [0.25, 0.3) is 0 Å². The van der Waals surface area contributed by atoms with Crippen LogP contribution in [0.1, 0.15) is 27.4 Å². The molecule has 0 fully saturated rings. The second-order valence-electron chi connectivity index (χ2n) is 7.47. The van der Waals surface area contributed by atoms with Crippen molar-refractivity contribution in [2.24, 2.45) is 0 Å². The number of hydrogen-bond acceptors (Lipinski definition) is 4. The highest BCUT2D eigenvalue weighted by Gasteiger charge is 2.18. The van der Waals surface area contributed by atoms with Gasteiger partial charge in [0.1, 0.15) is 0 Å². The smallest absolute Gasteiger partial charge is 0.276 e. The number of halogens is 4. The minimum absolute atomic E-state index is 0.0381. The normalized spacial score (nSPS) is 11.0. The van der Waals surface area contributed by atoms with Crippen molar-refractivity contribution in [3.05, 3.63) is 91.4 Å². The van der Waals surface area contributed by atoms with E-state index in [0.717, 1.165) is 11.3 Å². The zero-order valence-corrected chi connectivity index (χ0v) is 21.2. The van der Waals surface area contributed by atoms with E-state index < -0.39 is 0 Å². The van der Waals surface area contributed by atoms with Crippen LogP contribution in [0.5, 0.6) is 5.75 Å². The lowest BCUT2D eigenvalue weighted by Crippen LogP contribution is -2.15. The Kier molecular flexibility index (Phi) is 7.38. The summed E-state index contributed by atoms with van der Waals surface area (Å²) >= 11 is 24.3. The molecule has 7 nitrogen and oxygen atoms in total. The van der Waals surface area contributed by atoms with Crippen LogP contribution in [-0.2, 0) is 13.3 Å². The topological polar surface area (TPSA) is 74.0 Å². The number of rotatable bonds is 7. The molecule has 2 heterocycles. The maximum atomic E-state index is 12.8. The van der Waals surface area contributed by atoms with Crippen molar-refractivity contribution in [2.75, 3.05) is 5.32 Å². The molecule has 176 valence electrons. The highest BCUT2D eigenvalue weighted by Crippen LogP contribution is 2.32. The monoisotopic (exact) mass is 537 g/mol.